The number of nitrogens with zero attached hydrogens (tertiary/aromatic N) is 2. The van der Waals surface area contributed by atoms with E-state index in [4.69, 9.17) is 0 Å². The Hall–Kier alpha value is -1.32. The number of hydrogen-bond donors (Lipinski definition) is 1. The minimum Gasteiger partial charge on any atom is -0.355 e. The lowest BCUT2D eigenvalue weighted by Gasteiger charge is -2.03. The van der Waals surface area contributed by atoms with Crippen molar-refractivity contribution in [3.63, 3.8) is 0 Å². The largest absolute Gasteiger partial charge is 0.355 e. The molecule has 4 nitrogen and oxygen atoms in total. The average molecular weight is 181 g/mol. The van der Waals surface area contributed by atoms with Crippen LogP contribution in [-0.4, -0.2) is 22.2 Å². The summed E-state index contributed by atoms with van der Waals surface area (Å²) < 4.78 is 1.71. The van der Waals surface area contributed by atoms with Gasteiger partial charge in [0.1, 0.15) is 6.54 Å². The molecule has 1 amide bonds. The molecule has 0 atom stereocenters. The highest BCUT2D eigenvalue weighted by molar-refractivity contribution is 5.75. The summed E-state index contributed by atoms with van der Waals surface area (Å²) in [6, 6.07) is 1.96. The van der Waals surface area contributed by atoms with Crippen molar-refractivity contribution in [3.05, 3.63) is 17.5 Å². The van der Waals surface area contributed by atoms with Gasteiger partial charge in [-0.25, -0.2) is 0 Å². The third kappa shape index (κ3) is 2.57. The Morgan fingerprint density at radius 2 is 2.31 bits per heavy atom. The Labute approximate surface area is 77.9 Å². The van der Waals surface area contributed by atoms with E-state index >= 15 is 0 Å². The lowest BCUT2D eigenvalue weighted by Crippen LogP contribution is -2.27. The lowest BCUT2D eigenvalue weighted by atomic mass is 10.4. The van der Waals surface area contributed by atoms with Crippen molar-refractivity contribution in [1.29, 1.82) is 0 Å². The zero-order valence-corrected chi connectivity index (χ0v) is 8.29. The Morgan fingerprint density at radius 1 is 1.62 bits per heavy atom. The first-order chi connectivity index (χ1) is 6.13. The van der Waals surface area contributed by atoms with Crippen LogP contribution in [0.15, 0.2) is 6.07 Å². The second-order valence-corrected chi connectivity index (χ2v) is 3.04. The second-order valence-electron chi connectivity index (χ2n) is 3.04. The van der Waals surface area contributed by atoms with Gasteiger partial charge in [0, 0.05) is 12.2 Å². The van der Waals surface area contributed by atoms with Crippen molar-refractivity contribution < 1.29 is 4.79 Å². The molecule has 0 aliphatic rings. The maximum absolute atomic E-state index is 11.2. The molecule has 0 unspecified atom stereocenters. The van der Waals surface area contributed by atoms with Crippen LogP contribution >= 0.6 is 0 Å². The highest BCUT2D eigenvalue weighted by atomic mass is 16.2. The van der Waals surface area contributed by atoms with Crippen LogP contribution in [0.2, 0.25) is 0 Å². The predicted molar refractivity (Wildman–Crippen MR) is 50.4 cm³/mol. The van der Waals surface area contributed by atoms with E-state index in [1.807, 2.05) is 26.8 Å². The monoisotopic (exact) mass is 181 g/mol. The normalized spacial score (nSPS) is 10.1. The quantitative estimate of drug-likeness (QED) is 0.743. The summed E-state index contributed by atoms with van der Waals surface area (Å²) in [6.07, 6.45) is 0. The molecule has 4 heteroatoms. The molecule has 0 aromatic carbocycles. The minimum absolute atomic E-state index is 0.00806. The zero-order valence-electron chi connectivity index (χ0n) is 8.29. The SMILES string of the molecule is CCNC(=O)Cn1nc(C)cc1C. The lowest BCUT2D eigenvalue weighted by molar-refractivity contribution is -0.121. The van der Waals surface area contributed by atoms with Crippen LogP contribution < -0.4 is 5.32 Å². The molecule has 72 valence electrons. The number of carbonyl (C=O) groups excluding carboxylic acids is 1. The molecule has 1 heterocycles. The molecule has 0 fully saturated rings. The van der Waals surface area contributed by atoms with Crippen LogP contribution in [0.25, 0.3) is 0 Å². The first-order valence-corrected chi connectivity index (χ1v) is 4.41. The number of rotatable bonds is 3. The van der Waals surface area contributed by atoms with Gasteiger partial charge in [-0.05, 0) is 26.8 Å². The van der Waals surface area contributed by atoms with Crippen molar-refractivity contribution in [2.75, 3.05) is 6.54 Å². The van der Waals surface area contributed by atoms with Gasteiger partial charge >= 0.3 is 0 Å². The van der Waals surface area contributed by atoms with E-state index in [-0.39, 0.29) is 5.91 Å². The minimum atomic E-state index is 0.00806. The van der Waals surface area contributed by atoms with Gasteiger partial charge < -0.3 is 5.32 Å². The second kappa shape index (κ2) is 4.07. The topological polar surface area (TPSA) is 46.9 Å². The van der Waals surface area contributed by atoms with E-state index in [2.05, 4.69) is 10.4 Å². The number of hydrogen-bond acceptors (Lipinski definition) is 2. The maximum Gasteiger partial charge on any atom is 0.241 e. The van der Waals surface area contributed by atoms with Crippen LogP contribution in [0.3, 0.4) is 0 Å². The fourth-order valence-electron chi connectivity index (χ4n) is 1.22. The fourth-order valence-corrected chi connectivity index (χ4v) is 1.22. The van der Waals surface area contributed by atoms with Gasteiger partial charge in [0.15, 0.2) is 0 Å². The summed E-state index contributed by atoms with van der Waals surface area (Å²) in [5.41, 5.74) is 1.96. The average Bonchev–Trinajstić information content (AvgIpc) is 2.30. The highest BCUT2D eigenvalue weighted by Crippen LogP contribution is 2.00. The summed E-state index contributed by atoms with van der Waals surface area (Å²) in [5.74, 6) is 0.00806. The Bertz CT molecular complexity index is 304. The predicted octanol–water partition coefficient (Wildman–Crippen LogP) is 0.636. The number of nitrogens with one attached hydrogen (secondary N) is 1. The van der Waals surface area contributed by atoms with Crippen LogP contribution in [-0.2, 0) is 11.3 Å². The summed E-state index contributed by atoms with van der Waals surface area (Å²) in [5, 5.41) is 6.92. The van der Waals surface area contributed by atoms with Crippen LogP contribution in [0.5, 0.6) is 0 Å². The highest BCUT2D eigenvalue weighted by Gasteiger charge is 2.04. The fraction of sp³-hybridized carbons (Fsp3) is 0.556. The summed E-state index contributed by atoms with van der Waals surface area (Å²) in [7, 11) is 0. The van der Waals surface area contributed by atoms with Crippen molar-refractivity contribution in [2.45, 2.75) is 27.3 Å². The Kier molecular flexibility index (Phi) is 3.06. The van der Waals surface area contributed by atoms with Crippen molar-refractivity contribution in [1.82, 2.24) is 15.1 Å². The molecule has 0 radical (unpaired) electrons. The molecular formula is C9H15N3O. The first kappa shape index (κ1) is 9.77. The zero-order chi connectivity index (χ0) is 9.84. The van der Waals surface area contributed by atoms with E-state index in [1.54, 1.807) is 4.68 Å². The Morgan fingerprint density at radius 3 is 2.77 bits per heavy atom. The van der Waals surface area contributed by atoms with Crippen molar-refractivity contribution >= 4 is 5.91 Å². The summed E-state index contributed by atoms with van der Waals surface area (Å²) >= 11 is 0. The molecular weight excluding hydrogens is 166 g/mol. The van der Waals surface area contributed by atoms with E-state index < -0.39 is 0 Å². The standard InChI is InChI=1S/C9H15N3O/c1-4-10-9(13)6-12-8(3)5-7(2)11-12/h5H,4,6H2,1-3H3,(H,10,13). The molecule has 13 heavy (non-hydrogen) atoms. The van der Waals surface area contributed by atoms with Crippen LogP contribution in [0.4, 0.5) is 0 Å². The van der Waals surface area contributed by atoms with Gasteiger partial charge in [-0.3, -0.25) is 9.48 Å². The van der Waals surface area contributed by atoms with E-state index in [1.165, 1.54) is 0 Å². The molecule has 0 saturated heterocycles. The van der Waals surface area contributed by atoms with Gasteiger partial charge in [-0.15, -0.1) is 0 Å². The maximum atomic E-state index is 11.2. The molecule has 0 bridgehead atoms. The number of amides is 1. The molecule has 0 aliphatic heterocycles. The molecule has 0 saturated carbocycles. The van der Waals surface area contributed by atoms with Crippen LogP contribution in [0, 0.1) is 13.8 Å². The van der Waals surface area contributed by atoms with E-state index in [0.29, 0.717) is 13.1 Å². The van der Waals surface area contributed by atoms with Gasteiger partial charge in [0.25, 0.3) is 0 Å². The smallest absolute Gasteiger partial charge is 0.241 e. The van der Waals surface area contributed by atoms with E-state index in [9.17, 15) is 4.79 Å². The summed E-state index contributed by atoms with van der Waals surface area (Å²) in [4.78, 5) is 11.2. The van der Waals surface area contributed by atoms with Gasteiger partial charge in [-0.1, -0.05) is 0 Å². The van der Waals surface area contributed by atoms with E-state index in [0.717, 1.165) is 11.4 Å². The summed E-state index contributed by atoms with van der Waals surface area (Å²) in [6.45, 7) is 6.74. The van der Waals surface area contributed by atoms with Gasteiger partial charge in [-0.2, -0.15) is 5.10 Å². The third-order valence-corrected chi connectivity index (χ3v) is 1.77. The van der Waals surface area contributed by atoms with Gasteiger partial charge in [0.2, 0.25) is 5.91 Å². The number of aromatic nitrogens is 2. The molecule has 1 aromatic heterocycles. The van der Waals surface area contributed by atoms with Crippen molar-refractivity contribution in [2.24, 2.45) is 0 Å². The van der Waals surface area contributed by atoms with Crippen molar-refractivity contribution in [3.8, 4) is 0 Å². The number of carbonyl (C=O) groups is 1. The number of likely N-dealkylation sites (N-methyl/N-ethyl adjacent to an activating group) is 1. The Balaban J connectivity index is 2.63. The first-order valence-electron chi connectivity index (χ1n) is 4.41. The molecule has 0 spiro atoms. The molecule has 1 aromatic rings. The molecule has 1 N–H and O–H groups in total. The third-order valence-electron chi connectivity index (χ3n) is 1.77. The van der Waals surface area contributed by atoms with Gasteiger partial charge in [0.05, 0.1) is 5.69 Å². The van der Waals surface area contributed by atoms with Crippen LogP contribution in [0.1, 0.15) is 18.3 Å². The number of aryl methyl sites for hydroxylation is 2. The molecule has 1 rings (SSSR count). The molecule has 0 aliphatic carbocycles.